The van der Waals surface area contributed by atoms with Gasteiger partial charge in [-0.3, -0.25) is 9.59 Å². The molecule has 0 spiro atoms. The van der Waals surface area contributed by atoms with E-state index in [0.717, 1.165) is 6.20 Å². The highest BCUT2D eigenvalue weighted by Crippen LogP contribution is 2.39. The number of carbonyl (C=O) groups excluding carboxylic acids is 2. The fourth-order valence-corrected chi connectivity index (χ4v) is 3.90. The fourth-order valence-electron chi connectivity index (χ4n) is 3.90. The quantitative estimate of drug-likeness (QED) is 0.493. The van der Waals surface area contributed by atoms with Crippen LogP contribution >= 0.6 is 0 Å². The molecular weight excluding hydrogens is 432 g/mol. The standard InChI is InChI=1S/C22H17F2N7O2/c1-22(2)14-16(17(25)32)27-19(28-18(14)29-21(22)33)15-12-7-11(23)8-26-20(12)31(30-15)9-10-5-3-4-6-13(10)24/h3-8H,9H2,1-2H3,(H2,25,32)(H,27,28,29,33). The zero-order chi connectivity index (χ0) is 23.5. The van der Waals surface area contributed by atoms with Crippen molar-refractivity contribution >= 4 is 28.7 Å². The molecule has 166 valence electrons. The molecule has 9 nitrogen and oxygen atoms in total. The van der Waals surface area contributed by atoms with E-state index < -0.39 is 23.0 Å². The Morgan fingerprint density at radius 2 is 1.97 bits per heavy atom. The maximum atomic E-state index is 14.2. The number of rotatable bonds is 4. The van der Waals surface area contributed by atoms with Crippen LogP contribution in [0.5, 0.6) is 0 Å². The second-order valence-electron chi connectivity index (χ2n) is 8.19. The van der Waals surface area contributed by atoms with Crippen LogP contribution in [-0.4, -0.2) is 36.5 Å². The minimum atomic E-state index is -1.07. The van der Waals surface area contributed by atoms with Crippen molar-refractivity contribution in [1.29, 1.82) is 0 Å². The van der Waals surface area contributed by atoms with Crippen molar-refractivity contribution in [3.63, 3.8) is 0 Å². The molecule has 4 heterocycles. The van der Waals surface area contributed by atoms with Gasteiger partial charge in [-0.1, -0.05) is 18.2 Å². The Morgan fingerprint density at radius 3 is 2.70 bits per heavy atom. The number of amides is 2. The number of primary amides is 1. The van der Waals surface area contributed by atoms with Crippen molar-refractivity contribution in [2.24, 2.45) is 5.73 Å². The lowest BCUT2D eigenvalue weighted by Gasteiger charge is -2.16. The molecule has 5 rings (SSSR count). The van der Waals surface area contributed by atoms with Gasteiger partial charge in [-0.25, -0.2) is 28.4 Å². The van der Waals surface area contributed by atoms with Gasteiger partial charge in [0.15, 0.2) is 11.5 Å². The fraction of sp³-hybridized carbons (Fsp3) is 0.182. The van der Waals surface area contributed by atoms with Crippen LogP contribution in [0.15, 0.2) is 36.5 Å². The van der Waals surface area contributed by atoms with Gasteiger partial charge in [0.25, 0.3) is 5.91 Å². The summed E-state index contributed by atoms with van der Waals surface area (Å²) in [5, 5.41) is 7.34. The van der Waals surface area contributed by atoms with E-state index in [2.05, 4.69) is 25.4 Å². The summed E-state index contributed by atoms with van der Waals surface area (Å²) >= 11 is 0. The van der Waals surface area contributed by atoms with Crippen LogP contribution in [0.4, 0.5) is 14.6 Å². The first kappa shape index (κ1) is 20.6. The van der Waals surface area contributed by atoms with Crippen LogP contribution in [0.3, 0.4) is 0 Å². The molecule has 0 atom stereocenters. The number of hydrogen-bond donors (Lipinski definition) is 2. The summed E-state index contributed by atoms with van der Waals surface area (Å²) in [5.74, 6) is -2.19. The Hall–Kier alpha value is -4.28. The highest BCUT2D eigenvalue weighted by molar-refractivity contribution is 6.09. The molecule has 1 aliphatic rings. The number of nitrogens with zero attached hydrogens (tertiary/aromatic N) is 5. The molecule has 0 bridgehead atoms. The Labute approximate surface area is 185 Å². The van der Waals surface area contributed by atoms with Crippen molar-refractivity contribution in [3.05, 3.63) is 65.0 Å². The predicted octanol–water partition coefficient (Wildman–Crippen LogP) is 2.54. The third kappa shape index (κ3) is 3.20. The number of fused-ring (bicyclic) bond motifs is 2. The van der Waals surface area contributed by atoms with E-state index in [9.17, 15) is 18.4 Å². The third-order valence-corrected chi connectivity index (χ3v) is 5.61. The number of hydrogen-bond acceptors (Lipinski definition) is 6. The Kier molecular flexibility index (Phi) is 4.45. The largest absolute Gasteiger partial charge is 0.364 e. The molecule has 0 fully saturated rings. The number of carbonyl (C=O) groups is 2. The molecule has 1 aromatic carbocycles. The van der Waals surface area contributed by atoms with Crippen LogP contribution in [0, 0.1) is 11.6 Å². The summed E-state index contributed by atoms with van der Waals surface area (Å²) in [7, 11) is 0. The maximum absolute atomic E-state index is 14.2. The first-order valence-corrected chi connectivity index (χ1v) is 9.96. The number of anilines is 1. The van der Waals surface area contributed by atoms with Gasteiger partial charge in [-0.2, -0.15) is 5.10 Å². The molecule has 1 aliphatic heterocycles. The molecule has 3 aromatic heterocycles. The highest BCUT2D eigenvalue weighted by Gasteiger charge is 2.43. The topological polar surface area (TPSA) is 129 Å². The van der Waals surface area contributed by atoms with Crippen LogP contribution in [0.1, 0.15) is 35.5 Å². The predicted molar refractivity (Wildman–Crippen MR) is 114 cm³/mol. The monoisotopic (exact) mass is 449 g/mol. The second kappa shape index (κ2) is 7.12. The summed E-state index contributed by atoms with van der Waals surface area (Å²) in [6, 6.07) is 7.37. The molecule has 0 saturated heterocycles. The molecule has 2 amide bonds. The molecule has 0 unspecified atom stereocenters. The Morgan fingerprint density at radius 1 is 1.21 bits per heavy atom. The van der Waals surface area contributed by atoms with Crippen molar-refractivity contribution in [2.75, 3.05) is 5.32 Å². The van der Waals surface area contributed by atoms with Gasteiger partial charge in [0.05, 0.1) is 23.5 Å². The van der Waals surface area contributed by atoms with Gasteiger partial charge >= 0.3 is 0 Å². The highest BCUT2D eigenvalue weighted by atomic mass is 19.1. The van der Waals surface area contributed by atoms with E-state index in [-0.39, 0.29) is 52.1 Å². The summed E-state index contributed by atoms with van der Waals surface area (Å²) in [5.41, 5.74) is 5.35. The van der Waals surface area contributed by atoms with Gasteiger partial charge in [-0.05, 0) is 26.0 Å². The lowest BCUT2D eigenvalue weighted by atomic mass is 9.85. The smallest absolute Gasteiger partial charge is 0.267 e. The van der Waals surface area contributed by atoms with Gasteiger partial charge in [0, 0.05) is 11.1 Å². The molecule has 0 aliphatic carbocycles. The van der Waals surface area contributed by atoms with E-state index in [1.165, 1.54) is 16.8 Å². The molecule has 0 radical (unpaired) electrons. The molecule has 11 heteroatoms. The minimum absolute atomic E-state index is 0.0131. The second-order valence-corrected chi connectivity index (χ2v) is 8.19. The van der Waals surface area contributed by atoms with Gasteiger partial charge < -0.3 is 11.1 Å². The van der Waals surface area contributed by atoms with Crippen LogP contribution < -0.4 is 11.1 Å². The first-order chi connectivity index (χ1) is 15.7. The average molecular weight is 449 g/mol. The van der Waals surface area contributed by atoms with E-state index >= 15 is 0 Å². The molecule has 33 heavy (non-hydrogen) atoms. The SMILES string of the molecule is CC1(C)C(=O)Nc2nc(-c3nn(Cc4ccccc4F)c4ncc(F)cc34)nc(C(N)=O)c21. The van der Waals surface area contributed by atoms with E-state index in [4.69, 9.17) is 5.73 Å². The van der Waals surface area contributed by atoms with Crippen molar-refractivity contribution in [1.82, 2.24) is 24.7 Å². The number of pyridine rings is 1. The number of benzene rings is 1. The van der Waals surface area contributed by atoms with E-state index in [0.29, 0.717) is 5.56 Å². The van der Waals surface area contributed by atoms with Crippen molar-refractivity contribution in [3.8, 4) is 11.5 Å². The van der Waals surface area contributed by atoms with E-state index in [1.807, 2.05) is 0 Å². The Balaban J connectivity index is 1.73. The number of nitrogens with one attached hydrogen (secondary N) is 1. The Bertz CT molecular complexity index is 1480. The van der Waals surface area contributed by atoms with Crippen LogP contribution in [0.2, 0.25) is 0 Å². The number of aromatic nitrogens is 5. The van der Waals surface area contributed by atoms with Crippen LogP contribution in [0.25, 0.3) is 22.6 Å². The lowest BCUT2D eigenvalue weighted by molar-refractivity contribution is -0.119. The lowest BCUT2D eigenvalue weighted by Crippen LogP contribution is -2.29. The first-order valence-electron chi connectivity index (χ1n) is 9.96. The summed E-state index contributed by atoms with van der Waals surface area (Å²) < 4.78 is 29.7. The molecular formula is C22H17F2N7O2. The summed E-state index contributed by atoms with van der Waals surface area (Å²) in [6.45, 7) is 3.27. The zero-order valence-electron chi connectivity index (χ0n) is 17.6. The maximum Gasteiger partial charge on any atom is 0.267 e. The molecule has 4 aromatic rings. The molecule has 0 saturated carbocycles. The number of nitrogens with two attached hydrogens (primary N) is 1. The van der Waals surface area contributed by atoms with E-state index in [1.54, 1.807) is 32.0 Å². The van der Waals surface area contributed by atoms with Gasteiger partial charge in [0.1, 0.15) is 28.8 Å². The summed E-state index contributed by atoms with van der Waals surface area (Å²) in [4.78, 5) is 37.4. The molecule has 3 N–H and O–H groups in total. The van der Waals surface area contributed by atoms with Crippen molar-refractivity contribution < 1.29 is 18.4 Å². The zero-order valence-corrected chi connectivity index (χ0v) is 17.6. The van der Waals surface area contributed by atoms with Gasteiger partial charge in [0.2, 0.25) is 5.91 Å². The van der Waals surface area contributed by atoms with Crippen LogP contribution in [-0.2, 0) is 16.8 Å². The summed E-state index contributed by atoms with van der Waals surface area (Å²) in [6.07, 6.45) is 1.02. The minimum Gasteiger partial charge on any atom is -0.364 e. The average Bonchev–Trinajstić information content (AvgIpc) is 3.22. The third-order valence-electron chi connectivity index (χ3n) is 5.61. The number of halogens is 2. The normalized spacial score (nSPS) is 14.4. The van der Waals surface area contributed by atoms with Gasteiger partial charge in [-0.15, -0.1) is 0 Å². The van der Waals surface area contributed by atoms with Crippen molar-refractivity contribution in [2.45, 2.75) is 25.8 Å².